The van der Waals surface area contributed by atoms with Gasteiger partial charge in [-0.3, -0.25) is 0 Å². The van der Waals surface area contributed by atoms with Crippen LogP contribution in [0.15, 0.2) is 24.3 Å². The first-order valence-corrected chi connectivity index (χ1v) is 8.74. The third-order valence-electron chi connectivity index (χ3n) is 3.84. The molecule has 2 unspecified atom stereocenters. The van der Waals surface area contributed by atoms with Crippen molar-refractivity contribution in [3.05, 3.63) is 35.4 Å². The molecular weight excluding hydrogens is 272 g/mol. The normalized spacial score (nSPS) is 19.5. The zero-order valence-electron chi connectivity index (χ0n) is 12.4. The minimum atomic E-state index is -3.24. The van der Waals surface area contributed by atoms with Crippen molar-refractivity contribution in [2.45, 2.75) is 44.4 Å². The number of hydrogen-bond acceptors (Lipinski definition) is 3. The Bertz CT molecular complexity index is 555. The number of fused-ring (bicyclic) bond motifs is 1. The van der Waals surface area contributed by atoms with Crippen LogP contribution in [0.5, 0.6) is 0 Å². The Morgan fingerprint density at radius 2 is 1.95 bits per heavy atom. The second kappa shape index (κ2) is 6.24. The maximum atomic E-state index is 12.1. The van der Waals surface area contributed by atoms with Crippen molar-refractivity contribution < 1.29 is 8.42 Å². The van der Waals surface area contributed by atoms with Crippen molar-refractivity contribution in [2.24, 2.45) is 0 Å². The van der Waals surface area contributed by atoms with Gasteiger partial charge in [0.2, 0.25) is 10.0 Å². The van der Waals surface area contributed by atoms with Crippen LogP contribution in [0.3, 0.4) is 0 Å². The van der Waals surface area contributed by atoms with E-state index in [-0.39, 0.29) is 0 Å². The molecule has 5 heteroatoms. The third kappa shape index (κ3) is 3.59. The minimum absolute atomic E-state index is 0.297. The van der Waals surface area contributed by atoms with Crippen LogP contribution in [0.2, 0.25) is 0 Å². The Kier molecular flexibility index (Phi) is 4.83. The molecule has 4 nitrogen and oxygen atoms in total. The Morgan fingerprint density at radius 1 is 1.25 bits per heavy atom. The van der Waals surface area contributed by atoms with Crippen LogP contribution in [0.4, 0.5) is 0 Å². The summed E-state index contributed by atoms with van der Waals surface area (Å²) in [5.74, 6) is 0.325. The van der Waals surface area contributed by atoms with Gasteiger partial charge in [0, 0.05) is 25.0 Å². The SMILES string of the molecule is CC(C)NCC(C)S(=O)(=O)NCC1Cc2ccccc21. The van der Waals surface area contributed by atoms with Crippen LogP contribution in [0.25, 0.3) is 0 Å². The third-order valence-corrected chi connectivity index (χ3v) is 5.63. The van der Waals surface area contributed by atoms with Crippen LogP contribution in [0.1, 0.15) is 37.8 Å². The van der Waals surface area contributed by atoms with E-state index in [2.05, 4.69) is 22.2 Å². The molecule has 2 atom stereocenters. The molecule has 0 aliphatic heterocycles. The lowest BCUT2D eigenvalue weighted by Crippen LogP contribution is -2.43. The number of rotatable bonds is 7. The molecule has 0 fully saturated rings. The quantitative estimate of drug-likeness (QED) is 0.804. The summed E-state index contributed by atoms with van der Waals surface area (Å²) in [6.07, 6.45) is 0.970. The molecule has 0 saturated carbocycles. The maximum absolute atomic E-state index is 12.1. The van der Waals surface area contributed by atoms with E-state index in [1.54, 1.807) is 6.92 Å². The lowest BCUT2D eigenvalue weighted by molar-refractivity contribution is 0.526. The molecule has 0 saturated heterocycles. The fraction of sp³-hybridized carbons (Fsp3) is 0.600. The predicted molar refractivity (Wildman–Crippen MR) is 82.4 cm³/mol. The highest BCUT2D eigenvalue weighted by Gasteiger charge is 2.28. The van der Waals surface area contributed by atoms with E-state index in [0.29, 0.717) is 25.0 Å². The highest BCUT2D eigenvalue weighted by Crippen LogP contribution is 2.34. The van der Waals surface area contributed by atoms with Gasteiger partial charge in [0.15, 0.2) is 0 Å². The van der Waals surface area contributed by atoms with Gasteiger partial charge in [-0.1, -0.05) is 38.1 Å². The summed E-state index contributed by atoms with van der Waals surface area (Å²) in [7, 11) is -3.24. The van der Waals surface area contributed by atoms with Crippen LogP contribution in [-0.4, -0.2) is 32.8 Å². The molecule has 1 aliphatic rings. The lowest BCUT2D eigenvalue weighted by atomic mass is 9.78. The van der Waals surface area contributed by atoms with E-state index in [4.69, 9.17) is 0 Å². The molecule has 0 amide bonds. The van der Waals surface area contributed by atoms with Gasteiger partial charge in [0.05, 0.1) is 5.25 Å². The molecule has 1 aliphatic carbocycles. The number of nitrogens with one attached hydrogen (secondary N) is 2. The molecule has 0 spiro atoms. The maximum Gasteiger partial charge on any atom is 0.215 e. The van der Waals surface area contributed by atoms with Gasteiger partial charge in [-0.25, -0.2) is 13.1 Å². The van der Waals surface area contributed by atoms with E-state index in [1.807, 2.05) is 26.0 Å². The number of benzene rings is 1. The van der Waals surface area contributed by atoms with E-state index >= 15 is 0 Å². The van der Waals surface area contributed by atoms with Gasteiger partial charge in [0.25, 0.3) is 0 Å². The number of sulfonamides is 1. The first kappa shape index (κ1) is 15.5. The second-order valence-electron chi connectivity index (χ2n) is 5.87. The lowest BCUT2D eigenvalue weighted by Gasteiger charge is -2.30. The van der Waals surface area contributed by atoms with Crippen molar-refractivity contribution in [1.82, 2.24) is 10.0 Å². The molecule has 2 rings (SSSR count). The van der Waals surface area contributed by atoms with Gasteiger partial charge in [-0.05, 0) is 24.5 Å². The minimum Gasteiger partial charge on any atom is -0.313 e. The van der Waals surface area contributed by atoms with Crippen molar-refractivity contribution in [3.8, 4) is 0 Å². The van der Waals surface area contributed by atoms with E-state index in [0.717, 1.165) is 6.42 Å². The zero-order valence-corrected chi connectivity index (χ0v) is 13.2. The molecule has 0 heterocycles. The first-order valence-electron chi connectivity index (χ1n) is 7.20. The van der Waals surface area contributed by atoms with Gasteiger partial charge in [0.1, 0.15) is 0 Å². The average molecular weight is 296 g/mol. The summed E-state index contributed by atoms with van der Waals surface area (Å²) in [6, 6.07) is 8.52. The highest BCUT2D eigenvalue weighted by molar-refractivity contribution is 7.90. The predicted octanol–water partition coefficient (Wildman–Crippen LogP) is 1.63. The Balaban J connectivity index is 1.85. The summed E-state index contributed by atoms with van der Waals surface area (Å²) < 4.78 is 27.1. The largest absolute Gasteiger partial charge is 0.313 e. The second-order valence-corrected chi connectivity index (χ2v) is 8.05. The fourth-order valence-electron chi connectivity index (χ4n) is 2.42. The topological polar surface area (TPSA) is 58.2 Å². The van der Waals surface area contributed by atoms with Gasteiger partial charge in [-0.15, -0.1) is 0 Å². The number of hydrogen-bond donors (Lipinski definition) is 2. The molecular formula is C15H24N2O2S. The standard InChI is InChI=1S/C15H24N2O2S/c1-11(2)16-9-12(3)20(18,19)17-10-14-8-13-6-4-5-7-15(13)14/h4-7,11-12,14,16-17H,8-10H2,1-3H3. The molecule has 2 N–H and O–H groups in total. The Morgan fingerprint density at radius 3 is 2.60 bits per heavy atom. The van der Waals surface area contributed by atoms with E-state index < -0.39 is 15.3 Å². The molecule has 1 aromatic carbocycles. The fourth-order valence-corrected chi connectivity index (χ4v) is 3.45. The summed E-state index contributed by atoms with van der Waals surface area (Å²) in [4.78, 5) is 0. The smallest absolute Gasteiger partial charge is 0.215 e. The highest BCUT2D eigenvalue weighted by atomic mass is 32.2. The van der Waals surface area contributed by atoms with Crippen LogP contribution in [0, 0.1) is 0 Å². The molecule has 20 heavy (non-hydrogen) atoms. The summed E-state index contributed by atoms with van der Waals surface area (Å²) in [5, 5.41) is 2.75. The van der Waals surface area contributed by atoms with E-state index in [9.17, 15) is 8.42 Å². The summed E-state index contributed by atoms with van der Waals surface area (Å²) in [5.41, 5.74) is 2.62. The van der Waals surface area contributed by atoms with Gasteiger partial charge in [-0.2, -0.15) is 0 Å². The molecule has 0 bridgehead atoms. The Labute approximate surface area is 122 Å². The molecule has 0 radical (unpaired) electrons. The average Bonchev–Trinajstić information content (AvgIpc) is 2.36. The van der Waals surface area contributed by atoms with Crippen molar-refractivity contribution >= 4 is 10.0 Å². The monoisotopic (exact) mass is 296 g/mol. The van der Waals surface area contributed by atoms with Crippen molar-refractivity contribution in [3.63, 3.8) is 0 Å². The molecule has 112 valence electrons. The molecule has 0 aromatic heterocycles. The zero-order chi connectivity index (χ0) is 14.8. The summed E-state index contributed by atoms with van der Waals surface area (Å²) in [6.45, 7) is 6.75. The van der Waals surface area contributed by atoms with Crippen molar-refractivity contribution in [2.75, 3.05) is 13.1 Å². The van der Waals surface area contributed by atoms with Crippen LogP contribution in [-0.2, 0) is 16.4 Å². The van der Waals surface area contributed by atoms with Gasteiger partial charge < -0.3 is 5.32 Å². The molecule has 1 aromatic rings. The van der Waals surface area contributed by atoms with E-state index in [1.165, 1.54) is 11.1 Å². The summed E-state index contributed by atoms with van der Waals surface area (Å²) >= 11 is 0. The first-order chi connectivity index (χ1) is 9.40. The van der Waals surface area contributed by atoms with Crippen LogP contribution >= 0.6 is 0 Å². The van der Waals surface area contributed by atoms with Crippen LogP contribution < -0.4 is 10.0 Å². The van der Waals surface area contributed by atoms with Crippen molar-refractivity contribution in [1.29, 1.82) is 0 Å². The Hall–Kier alpha value is -0.910. The van der Waals surface area contributed by atoms with Gasteiger partial charge >= 0.3 is 0 Å².